The monoisotopic (exact) mass is 415 g/mol. The van der Waals surface area contributed by atoms with E-state index in [9.17, 15) is 14.4 Å². The largest absolute Gasteiger partial charge is 0.452 e. The standard InChI is InChI=1S/C26H25NO4/c1-3-23(19-11-9-18(2)10-12-19)27-24(28)17-31-26(30)22-15-13-21(14-16-22)25(29)20-7-5-4-6-8-20/h4-16,23H,3,17H2,1-2H3,(H,27,28)/t23-/m0/s1. The molecule has 3 rings (SSSR count). The van der Waals surface area contributed by atoms with E-state index in [4.69, 9.17) is 4.74 Å². The van der Waals surface area contributed by atoms with Crippen LogP contribution >= 0.6 is 0 Å². The molecular formula is C26H25NO4. The third kappa shape index (κ3) is 5.89. The van der Waals surface area contributed by atoms with Crippen molar-refractivity contribution in [2.75, 3.05) is 6.61 Å². The van der Waals surface area contributed by atoms with Crippen LogP contribution < -0.4 is 5.32 Å². The number of carbonyl (C=O) groups excluding carboxylic acids is 3. The van der Waals surface area contributed by atoms with Gasteiger partial charge in [-0.25, -0.2) is 4.79 Å². The maximum Gasteiger partial charge on any atom is 0.338 e. The van der Waals surface area contributed by atoms with Gasteiger partial charge in [-0.15, -0.1) is 0 Å². The Morgan fingerprint density at radius 3 is 2.00 bits per heavy atom. The molecule has 5 nitrogen and oxygen atoms in total. The zero-order valence-electron chi connectivity index (χ0n) is 17.6. The summed E-state index contributed by atoms with van der Waals surface area (Å²) in [7, 11) is 0. The molecule has 0 fully saturated rings. The number of ether oxygens (including phenoxy) is 1. The van der Waals surface area contributed by atoms with Crippen LogP contribution in [0.1, 0.15) is 56.8 Å². The SMILES string of the molecule is CC[C@H](NC(=O)COC(=O)c1ccc(C(=O)c2ccccc2)cc1)c1ccc(C)cc1. The highest BCUT2D eigenvalue weighted by atomic mass is 16.5. The van der Waals surface area contributed by atoms with Gasteiger partial charge in [0.2, 0.25) is 0 Å². The van der Waals surface area contributed by atoms with Crippen molar-refractivity contribution in [1.82, 2.24) is 5.32 Å². The molecule has 0 radical (unpaired) electrons. The Hall–Kier alpha value is -3.73. The molecule has 0 aliphatic heterocycles. The second-order valence-corrected chi connectivity index (χ2v) is 7.29. The summed E-state index contributed by atoms with van der Waals surface area (Å²) in [6.07, 6.45) is 0.722. The predicted octanol–water partition coefficient (Wildman–Crippen LogP) is 4.65. The lowest BCUT2D eigenvalue weighted by molar-refractivity contribution is -0.125. The van der Waals surface area contributed by atoms with Gasteiger partial charge in [0, 0.05) is 11.1 Å². The molecule has 0 bridgehead atoms. The average molecular weight is 415 g/mol. The van der Waals surface area contributed by atoms with Crippen LogP contribution in [0.15, 0.2) is 78.9 Å². The van der Waals surface area contributed by atoms with Gasteiger partial charge in [-0.05, 0) is 31.0 Å². The summed E-state index contributed by atoms with van der Waals surface area (Å²) in [5.74, 6) is -1.10. The van der Waals surface area contributed by atoms with Crippen LogP contribution in [0.5, 0.6) is 0 Å². The molecule has 1 atom stereocenters. The highest BCUT2D eigenvalue weighted by molar-refractivity contribution is 6.09. The predicted molar refractivity (Wildman–Crippen MR) is 119 cm³/mol. The van der Waals surface area contributed by atoms with E-state index < -0.39 is 5.97 Å². The minimum atomic E-state index is -0.614. The van der Waals surface area contributed by atoms with E-state index in [-0.39, 0.29) is 29.9 Å². The van der Waals surface area contributed by atoms with Crippen LogP contribution in [-0.2, 0) is 9.53 Å². The first-order chi connectivity index (χ1) is 15.0. The topological polar surface area (TPSA) is 72.5 Å². The van der Waals surface area contributed by atoms with Gasteiger partial charge in [0.15, 0.2) is 12.4 Å². The summed E-state index contributed by atoms with van der Waals surface area (Å²) in [6, 6.07) is 22.9. The van der Waals surface area contributed by atoms with E-state index >= 15 is 0 Å². The Labute approximate surface area is 182 Å². The second-order valence-electron chi connectivity index (χ2n) is 7.29. The van der Waals surface area contributed by atoms with E-state index in [0.29, 0.717) is 11.1 Å². The third-order valence-electron chi connectivity index (χ3n) is 4.98. The molecule has 31 heavy (non-hydrogen) atoms. The smallest absolute Gasteiger partial charge is 0.338 e. The van der Waals surface area contributed by atoms with Gasteiger partial charge in [0.25, 0.3) is 5.91 Å². The van der Waals surface area contributed by atoms with Crippen LogP contribution in [0.3, 0.4) is 0 Å². The molecule has 1 N–H and O–H groups in total. The van der Waals surface area contributed by atoms with Crippen molar-refractivity contribution in [2.24, 2.45) is 0 Å². The van der Waals surface area contributed by atoms with E-state index in [1.54, 1.807) is 36.4 Å². The summed E-state index contributed by atoms with van der Waals surface area (Å²) in [6.45, 7) is 3.62. The fraction of sp³-hybridized carbons (Fsp3) is 0.192. The molecule has 0 saturated carbocycles. The molecule has 5 heteroatoms. The number of rotatable bonds is 8. The number of carbonyl (C=O) groups is 3. The molecule has 0 aliphatic carbocycles. The Bertz CT molecular complexity index is 1040. The minimum Gasteiger partial charge on any atom is -0.452 e. The number of benzene rings is 3. The van der Waals surface area contributed by atoms with Gasteiger partial charge in [0.05, 0.1) is 11.6 Å². The molecule has 0 spiro atoms. The Kier molecular flexibility index (Phi) is 7.33. The van der Waals surface area contributed by atoms with Crippen molar-refractivity contribution >= 4 is 17.7 Å². The van der Waals surface area contributed by atoms with Crippen molar-refractivity contribution in [3.63, 3.8) is 0 Å². The summed E-state index contributed by atoms with van der Waals surface area (Å²) in [5, 5.41) is 2.89. The number of esters is 1. The minimum absolute atomic E-state index is 0.124. The van der Waals surface area contributed by atoms with Crippen molar-refractivity contribution in [3.8, 4) is 0 Å². The second kappa shape index (κ2) is 10.3. The molecule has 3 aromatic carbocycles. The number of hydrogen-bond acceptors (Lipinski definition) is 4. The van der Waals surface area contributed by atoms with Gasteiger partial charge in [-0.2, -0.15) is 0 Å². The van der Waals surface area contributed by atoms with E-state index in [1.807, 2.05) is 44.2 Å². The molecule has 0 aliphatic rings. The Balaban J connectivity index is 1.54. The molecule has 0 saturated heterocycles. The van der Waals surface area contributed by atoms with Crippen LogP contribution in [0.4, 0.5) is 0 Å². The fourth-order valence-corrected chi connectivity index (χ4v) is 3.18. The first-order valence-corrected chi connectivity index (χ1v) is 10.2. The summed E-state index contributed by atoms with van der Waals surface area (Å²) >= 11 is 0. The van der Waals surface area contributed by atoms with Crippen LogP contribution in [0.2, 0.25) is 0 Å². The molecule has 3 aromatic rings. The number of aryl methyl sites for hydroxylation is 1. The lowest BCUT2D eigenvalue weighted by atomic mass is 10.0. The number of nitrogens with one attached hydrogen (secondary N) is 1. The number of ketones is 1. The highest BCUT2D eigenvalue weighted by Gasteiger charge is 2.16. The zero-order valence-corrected chi connectivity index (χ0v) is 17.6. The highest BCUT2D eigenvalue weighted by Crippen LogP contribution is 2.17. The van der Waals surface area contributed by atoms with Crippen molar-refractivity contribution in [3.05, 3.63) is 107 Å². The average Bonchev–Trinajstić information content (AvgIpc) is 2.82. The lowest BCUT2D eigenvalue weighted by Crippen LogP contribution is -2.32. The van der Waals surface area contributed by atoms with Crippen molar-refractivity contribution in [1.29, 1.82) is 0 Å². The maximum absolute atomic E-state index is 12.4. The van der Waals surface area contributed by atoms with E-state index in [0.717, 1.165) is 17.5 Å². The van der Waals surface area contributed by atoms with Gasteiger partial charge >= 0.3 is 5.97 Å². The molecule has 0 aromatic heterocycles. The van der Waals surface area contributed by atoms with Gasteiger partial charge in [0.1, 0.15) is 0 Å². The lowest BCUT2D eigenvalue weighted by Gasteiger charge is -2.17. The van der Waals surface area contributed by atoms with E-state index in [1.165, 1.54) is 12.1 Å². The quantitative estimate of drug-likeness (QED) is 0.429. The van der Waals surface area contributed by atoms with Gasteiger partial charge in [-0.1, -0.05) is 79.2 Å². The Morgan fingerprint density at radius 2 is 1.39 bits per heavy atom. The summed E-state index contributed by atoms with van der Waals surface area (Å²) in [5.41, 5.74) is 3.49. The van der Waals surface area contributed by atoms with Gasteiger partial charge in [-0.3, -0.25) is 9.59 Å². The molecular weight excluding hydrogens is 390 g/mol. The first kappa shape index (κ1) is 22.0. The third-order valence-corrected chi connectivity index (χ3v) is 4.98. The van der Waals surface area contributed by atoms with Crippen LogP contribution in [-0.4, -0.2) is 24.3 Å². The maximum atomic E-state index is 12.4. The molecule has 0 heterocycles. The number of hydrogen-bond donors (Lipinski definition) is 1. The molecule has 1 amide bonds. The van der Waals surface area contributed by atoms with Crippen molar-refractivity contribution in [2.45, 2.75) is 26.3 Å². The van der Waals surface area contributed by atoms with Crippen molar-refractivity contribution < 1.29 is 19.1 Å². The normalized spacial score (nSPS) is 11.4. The summed E-state index contributed by atoms with van der Waals surface area (Å²) in [4.78, 5) is 37.0. The summed E-state index contributed by atoms with van der Waals surface area (Å²) < 4.78 is 5.14. The van der Waals surface area contributed by atoms with Gasteiger partial charge < -0.3 is 10.1 Å². The van der Waals surface area contributed by atoms with E-state index in [2.05, 4.69) is 5.32 Å². The van der Waals surface area contributed by atoms with Crippen LogP contribution in [0, 0.1) is 6.92 Å². The zero-order chi connectivity index (χ0) is 22.2. The molecule has 0 unspecified atom stereocenters. The fourth-order valence-electron chi connectivity index (χ4n) is 3.18. The molecule has 158 valence electrons. The number of amides is 1. The first-order valence-electron chi connectivity index (χ1n) is 10.2. The Morgan fingerprint density at radius 1 is 0.806 bits per heavy atom. The van der Waals surface area contributed by atoms with Crippen LogP contribution in [0.25, 0.3) is 0 Å².